The van der Waals surface area contributed by atoms with Gasteiger partial charge in [-0.1, -0.05) is 22.5 Å². The van der Waals surface area contributed by atoms with Crippen LogP contribution in [0.15, 0.2) is 29.3 Å². The summed E-state index contributed by atoms with van der Waals surface area (Å²) >= 11 is 3.18. The van der Waals surface area contributed by atoms with E-state index in [1.807, 2.05) is 0 Å². The van der Waals surface area contributed by atoms with Crippen LogP contribution in [0.2, 0.25) is 0 Å². The SMILES string of the molecule is C=C(Br)COc1ccc(F)cc1[C@H](C)N. The van der Waals surface area contributed by atoms with Gasteiger partial charge in [0.05, 0.1) is 0 Å². The van der Waals surface area contributed by atoms with Crippen molar-refractivity contribution >= 4 is 15.9 Å². The highest BCUT2D eigenvalue weighted by Crippen LogP contribution is 2.25. The maximum atomic E-state index is 13.0. The van der Waals surface area contributed by atoms with E-state index >= 15 is 0 Å². The van der Waals surface area contributed by atoms with E-state index in [1.54, 1.807) is 13.0 Å². The largest absolute Gasteiger partial charge is 0.488 e. The molecule has 82 valence electrons. The smallest absolute Gasteiger partial charge is 0.124 e. The van der Waals surface area contributed by atoms with Crippen molar-refractivity contribution in [3.05, 3.63) is 40.6 Å². The van der Waals surface area contributed by atoms with Gasteiger partial charge in [-0.05, 0) is 25.1 Å². The van der Waals surface area contributed by atoms with Crippen LogP contribution in [0.25, 0.3) is 0 Å². The number of halogens is 2. The molecule has 15 heavy (non-hydrogen) atoms. The molecule has 2 N–H and O–H groups in total. The fourth-order valence-electron chi connectivity index (χ4n) is 1.16. The van der Waals surface area contributed by atoms with Crippen molar-refractivity contribution in [3.8, 4) is 5.75 Å². The van der Waals surface area contributed by atoms with Gasteiger partial charge in [-0.25, -0.2) is 4.39 Å². The molecule has 0 amide bonds. The number of nitrogens with two attached hydrogens (primary N) is 1. The molecule has 0 aliphatic heterocycles. The lowest BCUT2D eigenvalue weighted by molar-refractivity contribution is 0.354. The number of hydrogen-bond donors (Lipinski definition) is 1. The Morgan fingerprint density at radius 2 is 2.33 bits per heavy atom. The van der Waals surface area contributed by atoms with Crippen LogP contribution in [0.3, 0.4) is 0 Å². The first-order valence-electron chi connectivity index (χ1n) is 4.52. The van der Waals surface area contributed by atoms with Crippen LogP contribution < -0.4 is 10.5 Å². The molecule has 0 saturated carbocycles. The number of ether oxygens (including phenoxy) is 1. The van der Waals surface area contributed by atoms with Crippen LogP contribution in [0.4, 0.5) is 4.39 Å². The van der Waals surface area contributed by atoms with E-state index < -0.39 is 0 Å². The van der Waals surface area contributed by atoms with E-state index in [0.717, 1.165) is 4.48 Å². The molecule has 0 aliphatic carbocycles. The lowest BCUT2D eigenvalue weighted by Crippen LogP contribution is -2.09. The molecule has 0 fully saturated rings. The van der Waals surface area contributed by atoms with Crippen LogP contribution >= 0.6 is 15.9 Å². The molecule has 4 heteroatoms. The van der Waals surface area contributed by atoms with Crippen LogP contribution in [0.1, 0.15) is 18.5 Å². The number of benzene rings is 1. The predicted molar refractivity (Wildman–Crippen MR) is 62.6 cm³/mol. The second-order valence-electron chi connectivity index (χ2n) is 3.28. The van der Waals surface area contributed by atoms with Gasteiger partial charge in [0, 0.05) is 16.1 Å². The normalized spacial score (nSPS) is 12.3. The first-order valence-corrected chi connectivity index (χ1v) is 5.31. The highest BCUT2D eigenvalue weighted by atomic mass is 79.9. The quantitative estimate of drug-likeness (QED) is 0.915. The van der Waals surface area contributed by atoms with Crippen molar-refractivity contribution < 1.29 is 9.13 Å². The second kappa shape index (κ2) is 5.28. The van der Waals surface area contributed by atoms with E-state index in [0.29, 0.717) is 17.9 Å². The van der Waals surface area contributed by atoms with E-state index in [9.17, 15) is 4.39 Å². The van der Waals surface area contributed by atoms with E-state index in [-0.39, 0.29) is 11.9 Å². The Labute approximate surface area is 97.1 Å². The summed E-state index contributed by atoms with van der Waals surface area (Å²) in [5.41, 5.74) is 6.37. The Kier molecular flexibility index (Phi) is 4.29. The summed E-state index contributed by atoms with van der Waals surface area (Å²) in [6, 6.07) is 4.04. The van der Waals surface area contributed by atoms with Crippen LogP contribution in [0.5, 0.6) is 5.75 Å². The molecule has 0 heterocycles. The zero-order valence-corrected chi connectivity index (χ0v) is 10.1. The van der Waals surface area contributed by atoms with Gasteiger partial charge in [0.1, 0.15) is 18.2 Å². The average molecular weight is 274 g/mol. The monoisotopic (exact) mass is 273 g/mol. The number of hydrogen-bond acceptors (Lipinski definition) is 2. The molecule has 0 spiro atoms. The van der Waals surface area contributed by atoms with Crippen molar-refractivity contribution in [2.24, 2.45) is 5.73 Å². The minimum absolute atomic E-state index is 0.265. The van der Waals surface area contributed by atoms with Gasteiger partial charge < -0.3 is 10.5 Å². The molecule has 1 aromatic carbocycles. The Morgan fingerprint density at radius 3 is 2.87 bits per heavy atom. The minimum Gasteiger partial charge on any atom is -0.488 e. The van der Waals surface area contributed by atoms with Crippen molar-refractivity contribution in [3.63, 3.8) is 0 Å². The van der Waals surface area contributed by atoms with Crippen molar-refractivity contribution in [1.29, 1.82) is 0 Å². The van der Waals surface area contributed by atoms with E-state index in [2.05, 4.69) is 22.5 Å². The molecule has 0 saturated heterocycles. The van der Waals surface area contributed by atoms with Gasteiger partial charge in [0.25, 0.3) is 0 Å². The Morgan fingerprint density at radius 1 is 1.67 bits per heavy atom. The Hall–Kier alpha value is -0.870. The molecule has 0 aromatic heterocycles. The van der Waals surface area contributed by atoms with E-state index in [4.69, 9.17) is 10.5 Å². The molecule has 1 rings (SSSR count). The fraction of sp³-hybridized carbons (Fsp3) is 0.273. The van der Waals surface area contributed by atoms with Crippen LogP contribution in [0, 0.1) is 5.82 Å². The van der Waals surface area contributed by atoms with Crippen molar-refractivity contribution in [1.82, 2.24) is 0 Å². The van der Waals surface area contributed by atoms with Gasteiger partial charge in [-0.3, -0.25) is 0 Å². The van der Waals surface area contributed by atoms with E-state index in [1.165, 1.54) is 12.1 Å². The van der Waals surface area contributed by atoms with Crippen molar-refractivity contribution in [2.75, 3.05) is 6.61 Å². The van der Waals surface area contributed by atoms with Gasteiger partial charge >= 0.3 is 0 Å². The topological polar surface area (TPSA) is 35.2 Å². The van der Waals surface area contributed by atoms with Crippen LogP contribution in [-0.4, -0.2) is 6.61 Å². The summed E-state index contributed by atoms with van der Waals surface area (Å²) < 4.78 is 19.1. The summed E-state index contributed by atoms with van der Waals surface area (Å²) in [6.07, 6.45) is 0. The molecule has 0 unspecified atom stereocenters. The molecule has 0 radical (unpaired) electrons. The summed E-state index contributed by atoms with van der Waals surface area (Å²) in [7, 11) is 0. The highest BCUT2D eigenvalue weighted by molar-refractivity contribution is 9.11. The molecule has 1 atom stereocenters. The second-order valence-corrected chi connectivity index (χ2v) is 4.40. The molecule has 2 nitrogen and oxygen atoms in total. The third-order valence-electron chi connectivity index (χ3n) is 1.85. The molecule has 0 aliphatic rings. The summed E-state index contributed by atoms with van der Waals surface area (Å²) in [4.78, 5) is 0. The zero-order valence-electron chi connectivity index (χ0n) is 8.47. The zero-order chi connectivity index (χ0) is 11.4. The molecule has 1 aromatic rings. The third kappa shape index (κ3) is 3.64. The fourth-order valence-corrected chi connectivity index (χ4v) is 1.28. The molecular formula is C11H13BrFNO. The van der Waals surface area contributed by atoms with Gasteiger partial charge in [0.15, 0.2) is 0 Å². The van der Waals surface area contributed by atoms with Crippen molar-refractivity contribution in [2.45, 2.75) is 13.0 Å². The lowest BCUT2D eigenvalue weighted by atomic mass is 10.1. The third-order valence-corrected chi connectivity index (χ3v) is 2.08. The summed E-state index contributed by atoms with van der Waals surface area (Å²) in [6.45, 7) is 5.77. The molecule has 0 bridgehead atoms. The predicted octanol–water partition coefficient (Wildman–Crippen LogP) is 3.13. The highest BCUT2D eigenvalue weighted by Gasteiger charge is 2.09. The summed E-state index contributed by atoms with van der Waals surface area (Å²) in [5, 5.41) is 0. The maximum absolute atomic E-state index is 13.0. The minimum atomic E-state index is -0.313. The number of rotatable bonds is 4. The lowest BCUT2D eigenvalue weighted by Gasteiger charge is -2.13. The first-order chi connectivity index (χ1) is 7.00. The first kappa shape index (κ1) is 12.2. The maximum Gasteiger partial charge on any atom is 0.124 e. The Balaban J connectivity index is 2.90. The van der Waals surface area contributed by atoms with Gasteiger partial charge in [-0.2, -0.15) is 0 Å². The van der Waals surface area contributed by atoms with Gasteiger partial charge in [0.2, 0.25) is 0 Å². The summed E-state index contributed by atoms with van der Waals surface area (Å²) in [5.74, 6) is 0.277. The van der Waals surface area contributed by atoms with Gasteiger partial charge in [-0.15, -0.1) is 0 Å². The molecular weight excluding hydrogens is 261 g/mol. The Bertz CT molecular complexity index is 366. The average Bonchev–Trinajstić information content (AvgIpc) is 2.15. The van der Waals surface area contributed by atoms with Crippen LogP contribution in [-0.2, 0) is 0 Å². The standard InChI is InChI=1S/C11H13BrFNO/c1-7(12)6-15-11-4-3-9(13)5-10(11)8(2)14/h3-5,8H,1,6,14H2,2H3/t8-/m0/s1.